The largest absolute Gasteiger partial charge is 0.511 e. The molecule has 0 radical (unpaired) electrons. The summed E-state index contributed by atoms with van der Waals surface area (Å²) in [5, 5.41) is 22.5. The van der Waals surface area contributed by atoms with Crippen LogP contribution < -0.4 is 0 Å². The van der Waals surface area contributed by atoms with E-state index in [4.69, 9.17) is 6.57 Å². The van der Waals surface area contributed by atoms with E-state index in [1.807, 2.05) is 27.7 Å². The van der Waals surface area contributed by atoms with Crippen LogP contribution in [0.3, 0.4) is 0 Å². The highest BCUT2D eigenvalue weighted by Crippen LogP contribution is 2.90. The Bertz CT molecular complexity index is 977. The number of Topliss-reactive ketones (excluding diaryl/α,β-unsaturated/α-hetero) is 3. The van der Waals surface area contributed by atoms with E-state index in [0.717, 1.165) is 0 Å². The fourth-order valence-electron chi connectivity index (χ4n) is 8.06. The Labute approximate surface area is 177 Å². The molecule has 1 spiro atoms. The van der Waals surface area contributed by atoms with Crippen LogP contribution >= 0.6 is 0 Å². The third-order valence-corrected chi connectivity index (χ3v) is 9.02. The molecule has 4 aliphatic carbocycles. The number of allylic oxidation sites excluding steroid dienone is 2. The maximum Gasteiger partial charge on any atom is 0.297 e. The molecule has 0 aromatic heterocycles. The zero-order valence-corrected chi connectivity index (χ0v) is 18.9. The predicted octanol–water partition coefficient (Wildman–Crippen LogP) is 3.34. The first-order valence-corrected chi connectivity index (χ1v) is 10.8. The van der Waals surface area contributed by atoms with Crippen LogP contribution in [0, 0.1) is 46.5 Å². The SMILES string of the molecule is C#[N+][C@]12CC(=O)[C@@]3(C)C(=O)C(C(=O)CC(C)C)=C(O)[C@]34C([C@H](C(C)(C)O)C1(C)C)[C@@H]24. The normalized spacial score (nSPS) is 43.5. The van der Waals surface area contributed by atoms with Gasteiger partial charge in [0.2, 0.25) is 0 Å². The van der Waals surface area contributed by atoms with E-state index in [9.17, 15) is 24.6 Å². The summed E-state index contributed by atoms with van der Waals surface area (Å²) in [6.07, 6.45) is 0.0841. The Morgan fingerprint density at radius 1 is 1.27 bits per heavy atom. The minimum Gasteiger partial charge on any atom is -0.511 e. The molecular weight excluding hydrogens is 382 g/mol. The van der Waals surface area contributed by atoms with Gasteiger partial charge in [-0.15, -0.1) is 0 Å². The van der Waals surface area contributed by atoms with Gasteiger partial charge in [-0.2, -0.15) is 0 Å². The molecular formula is C24H32NO5+. The van der Waals surface area contributed by atoms with Crippen LogP contribution in [0.5, 0.6) is 0 Å². The number of carbonyl (C=O) groups excluding carboxylic acids is 3. The standard InChI is InChI=1S/C24H31NO5/c1-11(2)9-12(26)14-18(28)22(7)13(27)10-23(25-8)17-15(24(17,22)19(14)29)16(20(23,3)4)21(5,6)30/h8,11,15-17,30H,9-10H2,1-7H3/p+1/t15?,16-,17-,22-,23-,24+/m0/s1. The summed E-state index contributed by atoms with van der Waals surface area (Å²) in [5.74, 6) is -2.73. The summed E-state index contributed by atoms with van der Waals surface area (Å²) >= 11 is 0. The molecule has 4 aliphatic rings. The highest BCUT2D eigenvalue weighted by Gasteiger charge is 3.00. The summed E-state index contributed by atoms with van der Waals surface area (Å²) in [5.41, 5.74) is -5.77. The van der Waals surface area contributed by atoms with E-state index in [1.165, 1.54) is 0 Å². The third-order valence-electron chi connectivity index (χ3n) is 9.02. The van der Waals surface area contributed by atoms with Crippen molar-refractivity contribution in [1.82, 2.24) is 0 Å². The second-order valence-electron chi connectivity index (χ2n) is 11.6. The lowest BCUT2D eigenvalue weighted by atomic mass is 9.49. The average molecular weight is 415 g/mol. The van der Waals surface area contributed by atoms with Gasteiger partial charge in [0.05, 0.1) is 34.3 Å². The first-order chi connectivity index (χ1) is 13.6. The van der Waals surface area contributed by atoms with Crippen LogP contribution in [0.2, 0.25) is 0 Å². The number of aliphatic hydroxyl groups is 2. The van der Waals surface area contributed by atoms with Crippen molar-refractivity contribution in [2.45, 2.75) is 72.4 Å². The molecule has 162 valence electrons. The molecule has 30 heavy (non-hydrogen) atoms. The summed E-state index contributed by atoms with van der Waals surface area (Å²) in [6.45, 7) is 18.5. The van der Waals surface area contributed by atoms with Gasteiger partial charge in [0.15, 0.2) is 17.3 Å². The second-order valence-corrected chi connectivity index (χ2v) is 11.6. The lowest BCUT2D eigenvalue weighted by Gasteiger charge is -2.49. The summed E-state index contributed by atoms with van der Waals surface area (Å²) in [7, 11) is 0. The van der Waals surface area contributed by atoms with Crippen LogP contribution in [0.1, 0.15) is 61.3 Å². The summed E-state index contributed by atoms with van der Waals surface area (Å²) in [4.78, 5) is 44.2. The van der Waals surface area contributed by atoms with E-state index in [1.54, 1.807) is 20.8 Å². The van der Waals surface area contributed by atoms with Crippen molar-refractivity contribution in [1.29, 1.82) is 0 Å². The van der Waals surface area contributed by atoms with Gasteiger partial charge in [-0.25, -0.2) is 0 Å². The molecule has 0 amide bonds. The van der Waals surface area contributed by atoms with Gasteiger partial charge >= 0.3 is 0 Å². The monoisotopic (exact) mass is 414 g/mol. The number of carbonyl (C=O) groups is 3. The van der Waals surface area contributed by atoms with Gasteiger partial charge in [0, 0.05) is 12.3 Å². The first-order valence-electron chi connectivity index (χ1n) is 10.8. The Balaban J connectivity index is 2.00. The Morgan fingerprint density at radius 3 is 2.30 bits per heavy atom. The van der Waals surface area contributed by atoms with E-state index in [-0.39, 0.29) is 53.6 Å². The zero-order valence-electron chi connectivity index (χ0n) is 18.9. The van der Waals surface area contributed by atoms with Gasteiger partial charge in [0.25, 0.3) is 12.1 Å². The van der Waals surface area contributed by atoms with E-state index in [0.29, 0.717) is 0 Å². The molecule has 1 unspecified atom stereocenters. The molecule has 0 aromatic carbocycles. The van der Waals surface area contributed by atoms with Crippen LogP contribution in [0.15, 0.2) is 11.3 Å². The predicted molar refractivity (Wildman–Crippen MR) is 111 cm³/mol. The smallest absolute Gasteiger partial charge is 0.297 e. The Hall–Kier alpha value is -2.00. The minimum absolute atomic E-state index is 0.00845. The molecule has 0 aliphatic heterocycles. The van der Waals surface area contributed by atoms with Gasteiger partial charge < -0.3 is 10.2 Å². The lowest BCUT2D eigenvalue weighted by Crippen LogP contribution is -2.61. The first kappa shape index (κ1) is 21.2. The van der Waals surface area contributed by atoms with Crippen molar-refractivity contribution in [2.75, 3.05) is 0 Å². The third kappa shape index (κ3) is 1.84. The van der Waals surface area contributed by atoms with Crippen LogP contribution in [0.25, 0.3) is 4.85 Å². The molecule has 0 heterocycles. The van der Waals surface area contributed by atoms with Crippen molar-refractivity contribution in [3.63, 3.8) is 0 Å². The highest BCUT2D eigenvalue weighted by atomic mass is 16.3. The second kappa shape index (κ2) is 5.43. The van der Waals surface area contributed by atoms with Crippen molar-refractivity contribution in [2.24, 2.45) is 39.9 Å². The fourth-order valence-corrected chi connectivity index (χ4v) is 8.06. The number of hydrogen-bond acceptors (Lipinski definition) is 5. The number of nitrogens with zero attached hydrogens (tertiary/aromatic N) is 1. The van der Waals surface area contributed by atoms with E-state index < -0.39 is 39.0 Å². The van der Waals surface area contributed by atoms with Crippen LogP contribution in [-0.2, 0) is 14.4 Å². The molecule has 6 nitrogen and oxygen atoms in total. The number of hydrogen-bond donors (Lipinski definition) is 2. The molecule has 2 N–H and O–H groups in total. The topological polar surface area (TPSA) is 96.0 Å². The molecule has 6 heteroatoms. The molecule has 4 rings (SSSR count). The summed E-state index contributed by atoms with van der Waals surface area (Å²) < 4.78 is 0. The number of aliphatic hydroxyl groups excluding tert-OH is 1. The quantitative estimate of drug-likeness (QED) is 0.543. The van der Waals surface area contributed by atoms with Crippen molar-refractivity contribution in [3.8, 4) is 6.57 Å². The minimum atomic E-state index is -1.53. The highest BCUT2D eigenvalue weighted by molar-refractivity contribution is 6.31. The van der Waals surface area contributed by atoms with Gasteiger partial charge in [-0.1, -0.05) is 32.5 Å². The Morgan fingerprint density at radius 2 is 1.83 bits per heavy atom. The van der Waals surface area contributed by atoms with Gasteiger partial charge in [-0.05, 0) is 32.6 Å². The molecule has 0 aromatic rings. The number of rotatable bonds is 4. The van der Waals surface area contributed by atoms with Gasteiger partial charge in [-0.3, -0.25) is 14.4 Å². The zero-order chi connectivity index (χ0) is 22.8. The lowest BCUT2D eigenvalue weighted by molar-refractivity contribution is -0.153. The molecule has 3 saturated carbocycles. The van der Waals surface area contributed by atoms with Crippen molar-refractivity contribution in [3.05, 3.63) is 16.2 Å². The molecule has 3 fully saturated rings. The molecule has 0 saturated heterocycles. The fraction of sp³-hybridized carbons (Fsp3) is 0.750. The van der Waals surface area contributed by atoms with Crippen LogP contribution in [0.4, 0.5) is 0 Å². The maximum atomic E-state index is 13.5. The number of ketones is 3. The van der Waals surface area contributed by atoms with E-state index in [2.05, 4.69) is 4.85 Å². The maximum absolute atomic E-state index is 13.5. The molecule has 6 atom stereocenters. The summed E-state index contributed by atoms with van der Waals surface area (Å²) in [6, 6.07) is 0. The van der Waals surface area contributed by atoms with Gasteiger partial charge in [0.1, 0.15) is 11.2 Å². The van der Waals surface area contributed by atoms with E-state index >= 15 is 0 Å². The Kier molecular flexibility index (Phi) is 3.84. The van der Waals surface area contributed by atoms with Crippen molar-refractivity contribution < 1.29 is 24.6 Å². The van der Waals surface area contributed by atoms with Crippen molar-refractivity contribution >= 4 is 17.3 Å². The average Bonchev–Trinajstić information content (AvgIpc) is 3.15. The molecule has 0 bridgehead atoms. The van der Waals surface area contributed by atoms with Crippen LogP contribution in [-0.4, -0.2) is 38.7 Å².